The van der Waals surface area contributed by atoms with Gasteiger partial charge in [-0.15, -0.1) is 0 Å². The van der Waals surface area contributed by atoms with Crippen LogP contribution < -0.4 is 5.73 Å². The molecule has 1 aromatic heterocycles. The van der Waals surface area contributed by atoms with E-state index in [0.717, 1.165) is 17.9 Å². The van der Waals surface area contributed by atoms with E-state index >= 15 is 0 Å². The van der Waals surface area contributed by atoms with Gasteiger partial charge >= 0.3 is 0 Å². The maximum Gasteiger partial charge on any atom is 0.109 e. The van der Waals surface area contributed by atoms with Crippen LogP contribution in [0.2, 0.25) is 0 Å². The Balaban J connectivity index is 2.08. The Hall–Kier alpha value is -0.830. The van der Waals surface area contributed by atoms with E-state index in [0.29, 0.717) is 12.0 Å². The minimum atomic E-state index is 0.379. The number of hydrogen-bond acceptors (Lipinski definition) is 2. The van der Waals surface area contributed by atoms with Gasteiger partial charge in [-0.1, -0.05) is 6.42 Å². The molecular weight excluding hydrogens is 162 g/mol. The summed E-state index contributed by atoms with van der Waals surface area (Å²) in [5.74, 6) is 1.70. The zero-order valence-electron chi connectivity index (χ0n) is 8.09. The van der Waals surface area contributed by atoms with Gasteiger partial charge in [-0.25, -0.2) is 4.98 Å². The van der Waals surface area contributed by atoms with Crippen LogP contribution in [0, 0.1) is 6.92 Å². The second-order valence-electron chi connectivity index (χ2n) is 4.08. The number of nitrogens with zero attached hydrogens (tertiary/aromatic N) is 1. The van der Waals surface area contributed by atoms with Crippen LogP contribution in [0.5, 0.6) is 0 Å². The highest BCUT2D eigenvalue weighted by molar-refractivity contribution is 5.05. The van der Waals surface area contributed by atoms with Crippen molar-refractivity contribution in [2.75, 3.05) is 0 Å². The summed E-state index contributed by atoms with van der Waals surface area (Å²) in [6.07, 6.45) is 6.64. The molecule has 1 aromatic rings. The van der Waals surface area contributed by atoms with Crippen molar-refractivity contribution in [3.8, 4) is 0 Å². The molecule has 0 spiro atoms. The summed E-state index contributed by atoms with van der Waals surface area (Å²) in [7, 11) is 0. The molecule has 2 rings (SSSR count). The molecule has 1 fully saturated rings. The summed E-state index contributed by atoms with van der Waals surface area (Å²) in [5, 5.41) is 0. The van der Waals surface area contributed by atoms with Crippen molar-refractivity contribution in [2.24, 2.45) is 5.73 Å². The summed E-state index contributed by atoms with van der Waals surface area (Å²) in [5.41, 5.74) is 7.07. The number of hydrogen-bond donors (Lipinski definition) is 2. The Kier molecular flexibility index (Phi) is 2.36. The lowest BCUT2D eigenvalue weighted by atomic mass is 9.86. The lowest BCUT2D eigenvalue weighted by molar-refractivity contribution is 0.383. The van der Waals surface area contributed by atoms with E-state index in [-0.39, 0.29) is 0 Å². The molecule has 0 aliphatic heterocycles. The monoisotopic (exact) mass is 179 g/mol. The Morgan fingerprint density at radius 1 is 1.54 bits per heavy atom. The fraction of sp³-hybridized carbons (Fsp3) is 0.700. The van der Waals surface area contributed by atoms with Crippen LogP contribution in [0.3, 0.4) is 0 Å². The third-order valence-electron chi connectivity index (χ3n) is 2.82. The van der Waals surface area contributed by atoms with E-state index in [1.54, 1.807) is 0 Å². The summed E-state index contributed by atoms with van der Waals surface area (Å²) in [6.45, 7) is 2.04. The van der Waals surface area contributed by atoms with Crippen LogP contribution in [0.1, 0.15) is 43.1 Å². The average molecular weight is 179 g/mol. The number of H-pyrrole nitrogens is 1. The van der Waals surface area contributed by atoms with E-state index in [1.165, 1.54) is 19.3 Å². The van der Waals surface area contributed by atoms with Crippen LogP contribution in [0.4, 0.5) is 0 Å². The minimum absolute atomic E-state index is 0.379. The zero-order chi connectivity index (χ0) is 9.26. The van der Waals surface area contributed by atoms with Gasteiger partial charge in [-0.2, -0.15) is 0 Å². The van der Waals surface area contributed by atoms with Gasteiger partial charge in [0.05, 0.1) is 0 Å². The second-order valence-corrected chi connectivity index (χ2v) is 4.08. The molecule has 1 heterocycles. The highest BCUT2D eigenvalue weighted by Crippen LogP contribution is 2.30. The molecule has 3 N–H and O–H groups in total. The highest BCUT2D eigenvalue weighted by atomic mass is 14.9. The molecule has 1 aliphatic carbocycles. The first-order valence-corrected chi connectivity index (χ1v) is 5.03. The van der Waals surface area contributed by atoms with Gasteiger partial charge in [-0.05, 0) is 26.2 Å². The lowest BCUT2D eigenvalue weighted by Crippen LogP contribution is -2.27. The van der Waals surface area contributed by atoms with Crippen LogP contribution in [0.25, 0.3) is 0 Å². The smallest absolute Gasteiger partial charge is 0.109 e. The number of aromatic nitrogens is 2. The van der Waals surface area contributed by atoms with Gasteiger partial charge in [0.2, 0.25) is 0 Å². The van der Waals surface area contributed by atoms with E-state index < -0.39 is 0 Å². The fourth-order valence-corrected chi connectivity index (χ4v) is 2.12. The first kappa shape index (κ1) is 8.75. The first-order valence-electron chi connectivity index (χ1n) is 5.03. The number of rotatable bonds is 1. The van der Waals surface area contributed by atoms with Crippen molar-refractivity contribution in [1.82, 2.24) is 9.97 Å². The lowest BCUT2D eigenvalue weighted by Gasteiger charge is -2.24. The minimum Gasteiger partial charge on any atom is -0.346 e. The molecule has 2 atom stereocenters. The van der Waals surface area contributed by atoms with Crippen molar-refractivity contribution in [3.63, 3.8) is 0 Å². The second kappa shape index (κ2) is 3.50. The Morgan fingerprint density at radius 3 is 3.00 bits per heavy atom. The van der Waals surface area contributed by atoms with E-state index in [1.807, 2.05) is 13.1 Å². The molecule has 13 heavy (non-hydrogen) atoms. The van der Waals surface area contributed by atoms with Gasteiger partial charge in [-0.3, -0.25) is 0 Å². The standard InChI is InChI=1S/C10H17N3/c1-7-6-12-10(13-7)8-3-2-4-9(11)5-8/h6,8-9H,2-5,11H2,1H3,(H,12,13). The van der Waals surface area contributed by atoms with Gasteiger partial charge in [0.15, 0.2) is 0 Å². The van der Waals surface area contributed by atoms with Gasteiger partial charge in [0, 0.05) is 23.9 Å². The summed E-state index contributed by atoms with van der Waals surface area (Å²) < 4.78 is 0. The maximum atomic E-state index is 5.93. The van der Waals surface area contributed by atoms with Crippen molar-refractivity contribution >= 4 is 0 Å². The third-order valence-corrected chi connectivity index (χ3v) is 2.82. The largest absolute Gasteiger partial charge is 0.346 e. The fourth-order valence-electron chi connectivity index (χ4n) is 2.12. The van der Waals surface area contributed by atoms with Crippen LogP contribution in [0.15, 0.2) is 6.20 Å². The first-order chi connectivity index (χ1) is 6.25. The Labute approximate surface area is 78.7 Å². The molecule has 1 aliphatic rings. The predicted octanol–water partition coefficient (Wildman–Crippen LogP) is 1.70. The molecule has 3 heteroatoms. The summed E-state index contributed by atoms with van der Waals surface area (Å²) >= 11 is 0. The summed E-state index contributed by atoms with van der Waals surface area (Å²) in [6, 6.07) is 0.379. The van der Waals surface area contributed by atoms with Crippen LogP contribution in [-0.2, 0) is 0 Å². The topological polar surface area (TPSA) is 54.7 Å². The van der Waals surface area contributed by atoms with Crippen LogP contribution >= 0.6 is 0 Å². The van der Waals surface area contributed by atoms with Gasteiger partial charge in [0.1, 0.15) is 5.82 Å². The predicted molar refractivity (Wildman–Crippen MR) is 52.5 cm³/mol. The molecular formula is C10H17N3. The number of aryl methyl sites for hydroxylation is 1. The van der Waals surface area contributed by atoms with Gasteiger partial charge < -0.3 is 10.7 Å². The van der Waals surface area contributed by atoms with E-state index in [4.69, 9.17) is 5.73 Å². The zero-order valence-corrected chi connectivity index (χ0v) is 8.09. The number of nitrogens with one attached hydrogen (secondary N) is 1. The van der Waals surface area contributed by atoms with Crippen molar-refractivity contribution in [1.29, 1.82) is 0 Å². The molecule has 0 radical (unpaired) electrons. The van der Waals surface area contributed by atoms with Crippen molar-refractivity contribution < 1.29 is 0 Å². The molecule has 0 aromatic carbocycles. The summed E-state index contributed by atoms with van der Waals surface area (Å²) in [4.78, 5) is 7.66. The van der Waals surface area contributed by atoms with Crippen LogP contribution in [-0.4, -0.2) is 16.0 Å². The molecule has 3 nitrogen and oxygen atoms in total. The SMILES string of the molecule is Cc1cnc(C2CCCC(N)C2)[nH]1. The number of nitrogens with two attached hydrogens (primary N) is 1. The van der Waals surface area contributed by atoms with E-state index in [9.17, 15) is 0 Å². The molecule has 0 amide bonds. The molecule has 2 unspecified atom stereocenters. The number of aromatic amines is 1. The normalized spacial score (nSPS) is 29.1. The molecule has 0 bridgehead atoms. The Bertz CT molecular complexity index is 279. The van der Waals surface area contributed by atoms with E-state index in [2.05, 4.69) is 9.97 Å². The quantitative estimate of drug-likeness (QED) is 0.689. The van der Waals surface area contributed by atoms with Gasteiger partial charge in [0.25, 0.3) is 0 Å². The molecule has 0 saturated heterocycles. The third kappa shape index (κ3) is 1.91. The average Bonchev–Trinajstić information content (AvgIpc) is 2.52. The molecule has 1 saturated carbocycles. The highest BCUT2D eigenvalue weighted by Gasteiger charge is 2.22. The number of imidazole rings is 1. The maximum absolute atomic E-state index is 5.93. The van der Waals surface area contributed by atoms with Crippen molar-refractivity contribution in [3.05, 3.63) is 17.7 Å². The van der Waals surface area contributed by atoms with Crippen molar-refractivity contribution in [2.45, 2.75) is 44.6 Å². The Morgan fingerprint density at radius 2 is 2.38 bits per heavy atom. The molecule has 72 valence electrons.